The Morgan fingerprint density at radius 1 is 1.16 bits per heavy atom. The average molecular weight is 457 g/mol. The van der Waals surface area contributed by atoms with Crippen LogP contribution in [-0.2, 0) is 15.7 Å². The third-order valence-corrected chi connectivity index (χ3v) is 6.30. The molecule has 4 rings (SSSR count). The molecule has 0 radical (unpaired) electrons. The van der Waals surface area contributed by atoms with E-state index in [2.05, 4.69) is 9.72 Å². The number of amides is 1. The van der Waals surface area contributed by atoms with Gasteiger partial charge in [0.05, 0.1) is 28.5 Å². The fourth-order valence-corrected chi connectivity index (χ4v) is 4.98. The Balaban J connectivity index is 1.54. The van der Waals surface area contributed by atoms with Gasteiger partial charge in [0.25, 0.3) is 0 Å². The monoisotopic (exact) mass is 457 g/mol. The van der Waals surface area contributed by atoms with Crippen molar-refractivity contribution in [2.24, 2.45) is 5.41 Å². The molecule has 168 valence electrons. The number of pyridine rings is 1. The van der Waals surface area contributed by atoms with E-state index < -0.39 is 29.4 Å². The zero-order valence-electron chi connectivity index (χ0n) is 17.5. The van der Waals surface area contributed by atoms with Gasteiger partial charge in [-0.25, -0.2) is 14.6 Å². The number of aromatic nitrogens is 1. The van der Waals surface area contributed by atoms with Crippen molar-refractivity contribution in [3.05, 3.63) is 22.6 Å². The highest BCUT2D eigenvalue weighted by Crippen LogP contribution is 2.45. The van der Waals surface area contributed by atoms with Crippen LogP contribution >= 0.6 is 11.3 Å². The molecule has 2 aromatic rings. The molecule has 0 N–H and O–H groups in total. The number of carbonyl (C=O) groups excluding carboxylic acids is 2. The second kappa shape index (κ2) is 6.98. The summed E-state index contributed by atoms with van der Waals surface area (Å²) in [7, 11) is 1.17. The second-order valence-corrected chi connectivity index (χ2v) is 9.92. The van der Waals surface area contributed by atoms with Gasteiger partial charge in [-0.05, 0) is 26.8 Å². The van der Waals surface area contributed by atoms with Crippen molar-refractivity contribution in [2.75, 3.05) is 38.2 Å². The summed E-state index contributed by atoms with van der Waals surface area (Å²) < 4.78 is 50.9. The third-order valence-electron chi connectivity index (χ3n) is 5.30. The first kappa shape index (κ1) is 21.7. The quantitative estimate of drug-likeness (QED) is 0.631. The number of carbonyl (C=O) groups is 2. The van der Waals surface area contributed by atoms with Crippen LogP contribution in [0.4, 0.5) is 23.8 Å². The highest BCUT2D eigenvalue weighted by Gasteiger charge is 2.54. The Labute approximate surface area is 180 Å². The predicted molar refractivity (Wildman–Crippen MR) is 108 cm³/mol. The molecule has 2 aliphatic heterocycles. The van der Waals surface area contributed by atoms with Gasteiger partial charge in [0.1, 0.15) is 11.4 Å². The van der Waals surface area contributed by atoms with Gasteiger partial charge in [-0.15, -0.1) is 11.3 Å². The van der Waals surface area contributed by atoms with E-state index in [0.29, 0.717) is 26.2 Å². The van der Waals surface area contributed by atoms with Crippen LogP contribution in [0.1, 0.15) is 36.7 Å². The van der Waals surface area contributed by atoms with Crippen molar-refractivity contribution >= 4 is 39.4 Å². The van der Waals surface area contributed by atoms with E-state index in [1.807, 2.05) is 0 Å². The molecule has 2 aliphatic rings. The number of methoxy groups -OCH3 is 1. The number of ether oxygens (including phenoxy) is 2. The van der Waals surface area contributed by atoms with Crippen LogP contribution in [-0.4, -0.2) is 60.8 Å². The molecule has 1 amide bonds. The Morgan fingerprint density at radius 2 is 1.81 bits per heavy atom. The minimum atomic E-state index is -4.58. The Morgan fingerprint density at radius 3 is 2.35 bits per heavy atom. The second-order valence-electron chi connectivity index (χ2n) is 9.04. The Bertz CT molecular complexity index is 1050. The molecule has 2 aromatic heterocycles. The lowest BCUT2D eigenvalue weighted by atomic mass is 9.73. The van der Waals surface area contributed by atoms with E-state index in [9.17, 15) is 22.8 Å². The SMILES string of the molecule is COC(=O)c1csc2c(C(F)(F)F)cc(N3CC4(CN(C(=O)OC(C)(C)C)C4)C3)nc12. The maximum absolute atomic E-state index is 13.7. The van der Waals surface area contributed by atoms with Gasteiger partial charge in [0, 0.05) is 37.0 Å². The lowest BCUT2D eigenvalue weighted by Crippen LogP contribution is -2.73. The first-order valence-corrected chi connectivity index (χ1v) is 10.5. The number of hydrogen-bond acceptors (Lipinski definition) is 7. The number of anilines is 1. The average Bonchev–Trinajstić information content (AvgIpc) is 2.99. The molecular weight excluding hydrogens is 435 g/mol. The number of esters is 1. The summed E-state index contributed by atoms with van der Waals surface area (Å²) in [5.74, 6) is -0.569. The summed E-state index contributed by atoms with van der Waals surface area (Å²) in [6.07, 6.45) is -4.97. The normalized spacial score (nSPS) is 18.0. The highest BCUT2D eigenvalue weighted by atomic mass is 32.1. The van der Waals surface area contributed by atoms with Gasteiger partial charge < -0.3 is 19.3 Å². The molecule has 11 heteroatoms. The van der Waals surface area contributed by atoms with Crippen LogP contribution in [0.15, 0.2) is 11.4 Å². The molecular formula is C20H22F3N3O4S. The molecule has 2 fully saturated rings. The van der Waals surface area contributed by atoms with Crippen LogP contribution in [0, 0.1) is 5.41 Å². The fourth-order valence-electron chi connectivity index (χ4n) is 3.97. The van der Waals surface area contributed by atoms with Crippen LogP contribution in [0.5, 0.6) is 0 Å². The summed E-state index contributed by atoms with van der Waals surface area (Å²) in [5, 5.41) is 1.34. The summed E-state index contributed by atoms with van der Waals surface area (Å²) in [5.41, 5.74) is -1.57. The van der Waals surface area contributed by atoms with E-state index in [0.717, 1.165) is 17.4 Å². The van der Waals surface area contributed by atoms with Gasteiger partial charge in [-0.3, -0.25) is 0 Å². The first-order valence-electron chi connectivity index (χ1n) is 9.63. The molecule has 4 heterocycles. The molecule has 1 spiro atoms. The first-order chi connectivity index (χ1) is 14.3. The fraction of sp³-hybridized carbons (Fsp3) is 0.550. The van der Waals surface area contributed by atoms with Crippen LogP contribution in [0.2, 0.25) is 0 Å². The van der Waals surface area contributed by atoms with E-state index in [4.69, 9.17) is 4.74 Å². The number of likely N-dealkylation sites (tertiary alicyclic amines) is 1. The lowest BCUT2D eigenvalue weighted by Gasteiger charge is -2.60. The van der Waals surface area contributed by atoms with Gasteiger partial charge in [0.15, 0.2) is 0 Å². The van der Waals surface area contributed by atoms with Crippen molar-refractivity contribution in [1.29, 1.82) is 0 Å². The van der Waals surface area contributed by atoms with Gasteiger partial charge >= 0.3 is 18.2 Å². The molecule has 0 aromatic carbocycles. The van der Waals surface area contributed by atoms with Crippen LogP contribution < -0.4 is 4.90 Å². The van der Waals surface area contributed by atoms with Gasteiger partial charge in [-0.2, -0.15) is 13.2 Å². The van der Waals surface area contributed by atoms with Crippen LogP contribution in [0.3, 0.4) is 0 Å². The van der Waals surface area contributed by atoms with Crippen molar-refractivity contribution < 1.29 is 32.2 Å². The summed E-state index contributed by atoms with van der Waals surface area (Å²) in [6, 6.07) is 1.02. The molecule has 0 bridgehead atoms. The van der Waals surface area contributed by atoms with Crippen molar-refractivity contribution in [1.82, 2.24) is 9.88 Å². The molecule has 0 aliphatic carbocycles. The summed E-state index contributed by atoms with van der Waals surface area (Å²) in [6.45, 7) is 7.28. The van der Waals surface area contributed by atoms with E-state index in [-0.39, 0.29) is 27.0 Å². The maximum Gasteiger partial charge on any atom is 0.417 e. The zero-order valence-corrected chi connectivity index (χ0v) is 18.3. The summed E-state index contributed by atoms with van der Waals surface area (Å²) >= 11 is 0.821. The number of halogens is 3. The zero-order chi connectivity index (χ0) is 22.8. The Hall–Kier alpha value is -2.56. The number of fused-ring (bicyclic) bond motifs is 1. The van der Waals surface area contributed by atoms with E-state index in [1.165, 1.54) is 12.5 Å². The smallest absolute Gasteiger partial charge is 0.417 e. The maximum atomic E-state index is 13.7. The lowest BCUT2D eigenvalue weighted by molar-refractivity contribution is -0.136. The molecule has 7 nitrogen and oxygen atoms in total. The molecule has 2 saturated heterocycles. The van der Waals surface area contributed by atoms with Gasteiger partial charge in [0.2, 0.25) is 0 Å². The van der Waals surface area contributed by atoms with Crippen molar-refractivity contribution in [2.45, 2.75) is 32.5 Å². The highest BCUT2D eigenvalue weighted by molar-refractivity contribution is 7.17. The minimum Gasteiger partial charge on any atom is -0.465 e. The molecule has 0 saturated carbocycles. The topological polar surface area (TPSA) is 72.0 Å². The molecule has 31 heavy (non-hydrogen) atoms. The van der Waals surface area contributed by atoms with Crippen molar-refractivity contribution in [3.8, 4) is 0 Å². The molecule has 0 unspecified atom stereocenters. The number of hydrogen-bond donors (Lipinski definition) is 0. The van der Waals surface area contributed by atoms with Crippen LogP contribution in [0.25, 0.3) is 10.2 Å². The molecule has 0 atom stereocenters. The number of rotatable bonds is 2. The van der Waals surface area contributed by atoms with E-state index in [1.54, 1.807) is 30.6 Å². The predicted octanol–water partition coefficient (Wildman–Crippen LogP) is 4.16. The summed E-state index contributed by atoms with van der Waals surface area (Å²) in [4.78, 5) is 31.8. The standard InChI is InChI=1S/C20H22F3N3O4S/c1-18(2,3)30-17(28)26-9-19(10-26)7-25(8-19)13-5-12(20(21,22)23)15-14(24-13)11(6-31-15)16(27)29-4/h5-6H,7-10H2,1-4H3. The third kappa shape index (κ3) is 3.90. The van der Waals surface area contributed by atoms with Gasteiger partial charge in [-0.1, -0.05) is 0 Å². The number of thiophene rings is 1. The Kier molecular flexibility index (Phi) is 4.87. The largest absolute Gasteiger partial charge is 0.465 e. The number of nitrogens with zero attached hydrogens (tertiary/aromatic N) is 3. The van der Waals surface area contributed by atoms with E-state index >= 15 is 0 Å². The number of alkyl halides is 3. The minimum absolute atomic E-state index is 0.00776. The van der Waals surface area contributed by atoms with Crippen molar-refractivity contribution in [3.63, 3.8) is 0 Å².